The molecule has 0 amide bonds. The largest absolute Gasteiger partial charge is 0.391 e. The first-order valence-electron chi connectivity index (χ1n) is 7.91. The van der Waals surface area contributed by atoms with Gasteiger partial charge in [-0.05, 0) is 42.1 Å². The molecule has 0 spiro atoms. The van der Waals surface area contributed by atoms with E-state index in [9.17, 15) is 10.2 Å². The summed E-state index contributed by atoms with van der Waals surface area (Å²) < 4.78 is 0. The summed E-state index contributed by atoms with van der Waals surface area (Å²) in [7, 11) is 0. The minimum Gasteiger partial charge on any atom is -0.391 e. The van der Waals surface area contributed by atoms with Gasteiger partial charge in [-0.25, -0.2) is 0 Å². The molecule has 0 radical (unpaired) electrons. The van der Waals surface area contributed by atoms with Gasteiger partial charge in [-0.15, -0.1) is 0 Å². The van der Waals surface area contributed by atoms with Crippen LogP contribution in [0.4, 0.5) is 0 Å². The van der Waals surface area contributed by atoms with Crippen LogP contribution in [-0.4, -0.2) is 39.4 Å². The van der Waals surface area contributed by atoms with E-state index < -0.39 is 0 Å². The van der Waals surface area contributed by atoms with Crippen LogP contribution in [0.2, 0.25) is 0 Å². The Bertz CT molecular complexity index is 533. The van der Waals surface area contributed by atoms with E-state index in [-0.39, 0.29) is 24.3 Å². The number of nitrogens with zero attached hydrogens (tertiary/aromatic N) is 1. The number of hydrogen-bond acceptors (Lipinski definition) is 3. The maximum Gasteiger partial charge on any atom is 0.0729 e. The van der Waals surface area contributed by atoms with Crippen molar-refractivity contribution in [1.82, 2.24) is 4.90 Å². The number of piperidine rings is 1. The first-order valence-corrected chi connectivity index (χ1v) is 7.91. The molecule has 5 rings (SSSR count). The highest BCUT2D eigenvalue weighted by Crippen LogP contribution is 2.64. The molecular weight excluding hydrogens is 250 g/mol. The quantitative estimate of drug-likeness (QED) is 0.851. The fourth-order valence-electron chi connectivity index (χ4n) is 6.04. The minimum absolute atomic E-state index is 0.164. The van der Waals surface area contributed by atoms with E-state index in [1.807, 2.05) is 6.07 Å². The van der Waals surface area contributed by atoms with Crippen molar-refractivity contribution in [3.05, 3.63) is 35.9 Å². The second-order valence-electron chi connectivity index (χ2n) is 7.24. The average Bonchev–Trinajstić information content (AvgIpc) is 3.03. The van der Waals surface area contributed by atoms with Crippen LogP contribution in [0.3, 0.4) is 0 Å². The van der Waals surface area contributed by atoms with Crippen LogP contribution in [0.1, 0.15) is 18.4 Å². The lowest BCUT2D eigenvalue weighted by Gasteiger charge is -2.48. The van der Waals surface area contributed by atoms with E-state index in [2.05, 4.69) is 29.2 Å². The van der Waals surface area contributed by atoms with Crippen molar-refractivity contribution in [2.24, 2.45) is 23.7 Å². The van der Waals surface area contributed by atoms with Crippen LogP contribution in [-0.2, 0) is 6.54 Å². The molecule has 1 saturated heterocycles. The molecule has 2 N–H and O–H groups in total. The van der Waals surface area contributed by atoms with Crippen molar-refractivity contribution >= 4 is 0 Å². The normalized spacial score (nSPS) is 52.1. The van der Waals surface area contributed by atoms with Crippen LogP contribution in [0.15, 0.2) is 30.3 Å². The van der Waals surface area contributed by atoms with Crippen molar-refractivity contribution in [2.75, 3.05) is 0 Å². The maximum atomic E-state index is 10.6. The Morgan fingerprint density at radius 3 is 2.55 bits per heavy atom. The summed E-state index contributed by atoms with van der Waals surface area (Å²) in [4.78, 5) is 2.43. The summed E-state index contributed by atoms with van der Waals surface area (Å²) >= 11 is 0. The fourth-order valence-corrected chi connectivity index (χ4v) is 6.04. The summed E-state index contributed by atoms with van der Waals surface area (Å²) in [6.07, 6.45) is 1.90. The van der Waals surface area contributed by atoms with Crippen molar-refractivity contribution in [2.45, 2.75) is 43.7 Å². The van der Waals surface area contributed by atoms with E-state index in [1.54, 1.807) is 0 Å². The van der Waals surface area contributed by atoms with Crippen LogP contribution in [0.5, 0.6) is 0 Å². The molecule has 1 aromatic carbocycles. The van der Waals surface area contributed by atoms with Crippen LogP contribution in [0.25, 0.3) is 0 Å². The number of aliphatic hydroxyl groups is 2. The van der Waals surface area contributed by atoms with Gasteiger partial charge in [-0.2, -0.15) is 0 Å². The lowest BCUT2D eigenvalue weighted by molar-refractivity contribution is -0.102. The third kappa shape index (κ3) is 1.27. The van der Waals surface area contributed by atoms with Gasteiger partial charge in [0.2, 0.25) is 0 Å². The summed E-state index contributed by atoms with van der Waals surface area (Å²) in [5.41, 5.74) is 1.29. The smallest absolute Gasteiger partial charge is 0.0729 e. The predicted octanol–water partition coefficient (Wildman–Crippen LogP) is 1.25. The first-order chi connectivity index (χ1) is 9.75. The maximum absolute atomic E-state index is 10.6. The Kier molecular flexibility index (Phi) is 2.25. The molecule has 1 heterocycles. The van der Waals surface area contributed by atoms with E-state index >= 15 is 0 Å². The standard InChI is InChI=1S/C17H21NO2/c19-16-11-6-12-14-10(11)7-13(17(14)20)18(15(12)16)8-9-4-2-1-3-5-9/h1-5,10-17,19-20H,6-8H2/t10-,11+,12-,13-,14+,15-,16-,17+/m1/s1. The number of aliphatic hydroxyl groups excluding tert-OH is 2. The topological polar surface area (TPSA) is 43.7 Å². The molecule has 1 aromatic rings. The Morgan fingerprint density at radius 2 is 1.75 bits per heavy atom. The number of likely N-dealkylation sites (tertiary alicyclic amines) is 1. The fraction of sp³-hybridized carbons (Fsp3) is 0.647. The molecule has 1 aliphatic heterocycles. The van der Waals surface area contributed by atoms with Gasteiger partial charge in [0.1, 0.15) is 0 Å². The molecule has 3 aliphatic carbocycles. The van der Waals surface area contributed by atoms with E-state index in [1.165, 1.54) is 5.56 Å². The van der Waals surface area contributed by atoms with E-state index in [4.69, 9.17) is 0 Å². The molecule has 4 fully saturated rings. The van der Waals surface area contributed by atoms with Gasteiger partial charge in [-0.3, -0.25) is 4.90 Å². The van der Waals surface area contributed by atoms with Gasteiger partial charge in [0.15, 0.2) is 0 Å². The summed E-state index contributed by atoms with van der Waals surface area (Å²) in [5, 5.41) is 21.3. The van der Waals surface area contributed by atoms with Crippen LogP contribution >= 0.6 is 0 Å². The lowest BCUT2D eigenvalue weighted by atomic mass is 9.75. The predicted molar refractivity (Wildman–Crippen MR) is 74.8 cm³/mol. The van der Waals surface area contributed by atoms with Crippen molar-refractivity contribution in [3.63, 3.8) is 0 Å². The van der Waals surface area contributed by atoms with Gasteiger partial charge in [0.05, 0.1) is 12.2 Å². The summed E-state index contributed by atoms with van der Waals surface area (Å²) in [5.74, 6) is 2.03. The van der Waals surface area contributed by atoms with Crippen LogP contribution in [0, 0.1) is 23.7 Å². The van der Waals surface area contributed by atoms with Crippen molar-refractivity contribution < 1.29 is 10.2 Å². The highest BCUT2D eigenvalue weighted by atomic mass is 16.3. The first kappa shape index (κ1) is 11.7. The summed E-state index contributed by atoms with van der Waals surface area (Å²) in [6.45, 7) is 0.868. The van der Waals surface area contributed by atoms with Crippen molar-refractivity contribution in [1.29, 1.82) is 0 Å². The van der Waals surface area contributed by atoms with Crippen molar-refractivity contribution in [3.8, 4) is 0 Å². The number of hydrogen-bond donors (Lipinski definition) is 2. The Balaban J connectivity index is 1.53. The number of benzene rings is 1. The van der Waals surface area contributed by atoms with Gasteiger partial charge in [-0.1, -0.05) is 30.3 Å². The minimum atomic E-state index is -0.164. The second-order valence-corrected chi connectivity index (χ2v) is 7.24. The second kappa shape index (κ2) is 3.85. The van der Waals surface area contributed by atoms with Crippen LogP contribution < -0.4 is 0 Å². The zero-order chi connectivity index (χ0) is 13.4. The summed E-state index contributed by atoms with van der Waals surface area (Å²) in [6, 6.07) is 11.0. The highest BCUT2D eigenvalue weighted by molar-refractivity contribution is 5.23. The number of rotatable bonds is 2. The average molecular weight is 271 g/mol. The van der Waals surface area contributed by atoms with Gasteiger partial charge in [0, 0.05) is 18.6 Å². The molecule has 0 aromatic heterocycles. The zero-order valence-electron chi connectivity index (χ0n) is 11.5. The molecule has 8 atom stereocenters. The molecule has 106 valence electrons. The van der Waals surface area contributed by atoms with Gasteiger partial charge in [0.25, 0.3) is 0 Å². The Labute approximate surface area is 119 Å². The molecular formula is C17H21NO2. The van der Waals surface area contributed by atoms with E-state index in [0.29, 0.717) is 23.7 Å². The monoisotopic (exact) mass is 271 g/mol. The number of fused-ring (bicyclic) bond motifs is 3. The highest BCUT2D eigenvalue weighted by Gasteiger charge is 2.69. The Hall–Kier alpha value is -0.900. The Morgan fingerprint density at radius 1 is 0.950 bits per heavy atom. The lowest BCUT2D eigenvalue weighted by Crippen LogP contribution is -2.60. The molecule has 0 unspecified atom stereocenters. The molecule has 4 bridgehead atoms. The molecule has 4 aliphatic rings. The third-order valence-corrected chi connectivity index (χ3v) is 6.63. The van der Waals surface area contributed by atoms with E-state index in [0.717, 1.165) is 19.4 Å². The zero-order valence-corrected chi connectivity index (χ0v) is 11.5. The molecule has 20 heavy (non-hydrogen) atoms. The third-order valence-electron chi connectivity index (χ3n) is 6.63. The van der Waals surface area contributed by atoms with Gasteiger partial charge < -0.3 is 10.2 Å². The van der Waals surface area contributed by atoms with Gasteiger partial charge >= 0.3 is 0 Å². The SMILES string of the molecule is O[C@@H]1[C@H]2C[C@@H]3[C@H]4[C@@H](O)[C@@H](C[C@H]24)N(Cc2ccccc2)[C@@H]13. The molecule has 3 heteroatoms. The molecule has 3 nitrogen and oxygen atoms in total. The molecule has 3 saturated carbocycles.